The van der Waals surface area contributed by atoms with Gasteiger partial charge in [-0.2, -0.15) is 0 Å². The normalized spacial score (nSPS) is 28.9. The van der Waals surface area contributed by atoms with Crippen LogP contribution in [0.2, 0.25) is 0 Å². The van der Waals surface area contributed by atoms with Crippen LogP contribution in [-0.4, -0.2) is 44.1 Å². The van der Waals surface area contributed by atoms with Crippen LogP contribution in [0.5, 0.6) is 0 Å². The molecule has 4 N–H and O–H groups in total. The molecule has 0 aliphatic heterocycles. The summed E-state index contributed by atoms with van der Waals surface area (Å²) >= 11 is 0. The maximum Gasteiger partial charge on any atom is 0.0503 e. The fourth-order valence-corrected chi connectivity index (χ4v) is 2.76. The van der Waals surface area contributed by atoms with E-state index in [1.165, 1.54) is 12.8 Å². The number of ether oxygens (including phenoxy) is 1. The topological polar surface area (TPSA) is 67.5 Å². The minimum Gasteiger partial charge on any atom is -0.396 e. The smallest absolute Gasteiger partial charge is 0.0503 e. The van der Waals surface area contributed by atoms with Crippen molar-refractivity contribution < 1.29 is 9.84 Å². The van der Waals surface area contributed by atoms with Crippen LogP contribution in [0, 0.1) is 11.8 Å². The van der Waals surface area contributed by atoms with E-state index in [1.807, 2.05) is 0 Å². The zero-order valence-electron chi connectivity index (χ0n) is 11.2. The van der Waals surface area contributed by atoms with Crippen LogP contribution in [0.1, 0.15) is 32.6 Å². The molecule has 0 amide bonds. The summed E-state index contributed by atoms with van der Waals surface area (Å²) in [6.07, 6.45) is 4.78. The van der Waals surface area contributed by atoms with Crippen molar-refractivity contribution in [1.29, 1.82) is 0 Å². The van der Waals surface area contributed by atoms with Crippen molar-refractivity contribution in [1.82, 2.24) is 5.32 Å². The average Bonchev–Trinajstić information content (AvgIpc) is 2.36. The number of aliphatic hydroxyl groups excluding tert-OH is 1. The molecule has 0 radical (unpaired) electrons. The van der Waals surface area contributed by atoms with Gasteiger partial charge in [-0.3, -0.25) is 0 Å². The number of hydrogen-bond acceptors (Lipinski definition) is 4. The van der Waals surface area contributed by atoms with Gasteiger partial charge in [0.25, 0.3) is 0 Å². The first-order valence-electron chi connectivity index (χ1n) is 6.78. The summed E-state index contributed by atoms with van der Waals surface area (Å²) in [4.78, 5) is 0. The number of aliphatic hydroxyl groups is 1. The van der Waals surface area contributed by atoms with Crippen molar-refractivity contribution in [3.8, 4) is 0 Å². The first-order valence-corrected chi connectivity index (χ1v) is 6.78. The van der Waals surface area contributed by atoms with Gasteiger partial charge in [-0.15, -0.1) is 0 Å². The molecular formula is C13H28N2O2. The van der Waals surface area contributed by atoms with Crippen molar-refractivity contribution in [3.05, 3.63) is 0 Å². The van der Waals surface area contributed by atoms with Crippen LogP contribution < -0.4 is 11.1 Å². The van der Waals surface area contributed by atoms with Crippen molar-refractivity contribution in [3.63, 3.8) is 0 Å². The highest BCUT2D eigenvalue weighted by Crippen LogP contribution is 2.24. The lowest BCUT2D eigenvalue weighted by Gasteiger charge is -2.35. The highest BCUT2D eigenvalue weighted by molar-refractivity contribution is 4.85. The van der Waals surface area contributed by atoms with Crippen molar-refractivity contribution in [2.75, 3.05) is 26.9 Å². The molecule has 1 fully saturated rings. The van der Waals surface area contributed by atoms with Gasteiger partial charge >= 0.3 is 0 Å². The van der Waals surface area contributed by atoms with E-state index in [9.17, 15) is 5.11 Å². The minimum atomic E-state index is 0.284. The second-order valence-corrected chi connectivity index (χ2v) is 5.28. The van der Waals surface area contributed by atoms with Gasteiger partial charge in [0.15, 0.2) is 0 Å². The molecule has 0 bridgehead atoms. The van der Waals surface area contributed by atoms with E-state index in [1.54, 1.807) is 7.11 Å². The Hall–Kier alpha value is -0.160. The number of rotatable bonds is 7. The Bertz CT molecular complexity index is 202. The van der Waals surface area contributed by atoms with Crippen LogP contribution in [0.25, 0.3) is 0 Å². The minimum absolute atomic E-state index is 0.284. The maximum atomic E-state index is 9.39. The van der Waals surface area contributed by atoms with Crippen LogP contribution in [0.15, 0.2) is 0 Å². The lowest BCUT2D eigenvalue weighted by molar-refractivity contribution is 0.112. The fraction of sp³-hybridized carbons (Fsp3) is 1.00. The summed E-state index contributed by atoms with van der Waals surface area (Å²) in [6, 6.07) is 0.703. The molecule has 0 spiro atoms. The Balaban J connectivity index is 2.47. The highest BCUT2D eigenvalue weighted by Gasteiger charge is 2.27. The summed E-state index contributed by atoms with van der Waals surface area (Å²) in [5.74, 6) is 0.804. The van der Waals surface area contributed by atoms with Gasteiger partial charge < -0.3 is 20.9 Å². The molecule has 4 nitrogen and oxygen atoms in total. The van der Waals surface area contributed by atoms with Gasteiger partial charge in [0, 0.05) is 32.3 Å². The Labute approximate surface area is 105 Å². The first kappa shape index (κ1) is 14.9. The Morgan fingerprint density at radius 2 is 2.12 bits per heavy atom. The number of methoxy groups -OCH3 is 1. The van der Waals surface area contributed by atoms with Crippen molar-refractivity contribution >= 4 is 0 Å². The SMILES string of the molecule is COCC(C)C(CN)NC1CCCCC1CO. The predicted molar refractivity (Wildman–Crippen MR) is 69.8 cm³/mol. The molecule has 0 aromatic rings. The fourth-order valence-electron chi connectivity index (χ4n) is 2.76. The summed E-state index contributed by atoms with van der Waals surface area (Å²) in [5, 5.41) is 13.0. The highest BCUT2D eigenvalue weighted by atomic mass is 16.5. The molecule has 4 atom stereocenters. The largest absolute Gasteiger partial charge is 0.396 e. The monoisotopic (exact) mass is 244 g/mol. The number of hydrogen-bond donors (Lipinski definition) is 3. The van der Waals surface area contributed by atoms with E-state index in [4.69, 9.17) is 10.5 Å². The summed E-state index contributed by atoms with van der Waals surface area (Å²) in [7, 11) is 1.72. The number of nitrogens with two attached hydrogens (primary N) is 1. The molecule has 0 heterocycles. The summed E-state index contributed by atoms with van der Waals surface area (Å²) in [5.41, 5.74) is 5.83. The molecular weight excluding hydrogens is 216 g/mol. The molecule has 1 aliphatic rings. The van der Waals surface area contributed by atoms with Gasteiger partial charge in [0.05, 0.1) is 6.61 Å². The van der Waals surface area contributed by atoms with Crippen LogP contribution in [0.3, 0.4) is 0 Å². The summed E-state index contributed by atoms with van der Waals surface area (Å²) in [6.45, 7) is 3.79. The van der Waals surface area contributed by atoms with E-state index in [0.29, 0.717) is 24.4 Å². The molecule has 0 aromatic carbocycles. The lowest BCUT2D eigenvalue weighted by Crippen LogP contribution is -2.51. The Kier molecular flexibility index (Phi) is 7.04. The number of nitrogens with one attached hydrogen (secondary N) is 1. The zero-order valence-corrected chi connectivity index (χ0v) is 11.2. The molecule has 1 saturated carbocycles. The van der Waals surface area contributed by atoms with Crippen molar-refractivity contribution in [2.24, 2.45) is 17.6 Å². The molecule has 102 valence electrons. The third-order valence-corrected chi connectivity index (χ3v) is 3.94. The predicted octanol–water partition coefficient (Wildman–Crippen LogP) is 0.737. The molecule has 1 rings (SSSR count). The third kappa shape index (κ3) is 4.54. The van der Waals surface area contributed by atoms with E-state index >= 15 is 0 Å². The van der Waals surface area contributed by atoms with Gasteiger partial charge in [-0.25, -0.2) is 0 Å². The van der Waals surface area contributed by atoms with Crippen LogP contribution in [0.4, 0.5) is 0 Å². The van der Waals surface area contributed by atoms with Crippen LogP contribution >= 0.6 is 0 Å². The maximum absolute atomic E-state index is 9.39. The standard InChI is InChI=1S/C13H28N2O2/c1-10(9-17-2)13(7-14)15-12-6-4-3-5-11(12)8-16/h10-13,15-16H,3-9,14H2,1-2H3. The molecule has 17 heavy (non-hydrogen) atoms. The quantitative estimate of drug-likeness (QED) is 0.618. The van der Waals surface area contributed by atoms with Gasteiger partial charge in [0.2, 0.25) is 0 Å². The zero-order chi connectivity index (χ0) is 12.7. The van der Waals surface area contributed by atoms with Crippen LogP contribution in [-0.2, 0) is 4.74 Å². The van der Waals surface area contributed by atoms with E-state index in [-0.39, 0.29) is 12.6 Å². The summed E-state index contributed by atoms with van der Waals surface area (Å²) < 4.78 is 5.18. The average molecular weight is 244 g/mol. The Morgan fingerprint density at radius 3 is 2.71 bits per heavy atom. The van der Waals surface area contributed by atoms with E-state index < -0.39 is 0 Å². The van der Waals surface area contributed by atoms with Gasteiger partial charge in [-0.05, 0) is 24.7 Å². The third-order valence-electron chi connectivity index (χ3n) is 3.94. The molecule has 4 heteroatoms. The lowest BCUT2D eigenvalue weighted by atomic mass is 9.84. The van der Waals surface area contributed by atoms with Gasteiger partial charge in [-0.1, -0.05) is 19.8 Å². The molecule has 0 aromatic heterocycles. The first-order chi connectivity index (χ1) is 8.22. The van der Waals surface area contributed by atoms with Gasteiger partial charge in [0.1, 0.15) is 0 Å². The van der Waals surface area contributed by atoms with E-state index in [2.05, 4.69) is 12.2 Å². The second kappa shape index (κ2) is 8.03. The second-order valence-electron chi connectivity index (χ2n) is 5.28. The molecule has 0 saturated heterocycles. The van der Waals surface area contributed by atoms with Crippen molar-refractivity contribution in [2.45, 2.75) is 44.7 Å². The van der Waals surface area contributed by atoms with E-state index in [0.717, 1.165) is 19.4 Å². The Morgan fingerprint density at radius 1 is 1.41 bits per heavy atom. The molecule has 1 aliphatic carbocycles. The molecule has 4 unspecified atom stereocenters.